The van der Waals surface area contributed by atoms with Crippen molar-refractivity contribution >= 4 is 0 Å². The molecule has 0 atom stereocenters. The number of benzene rings is 1. The molecule has 1 aromatic heterocycles. The Kier molecular flexibility index (Phi) is 3.29. The van der Waals surface area contributed by atoms with Gasteiger partial charge in [0.1, 0.15) is 0 Å². The van der Waals surface area contributed by atoms with Crippen LogP contribution in [0.3, 0.4) is 0 Å². The Morgan fingerprint density at radius 1 is 1.18 bits per heavy atom. The van der Waals surface area contributed by atoms with E-state index < -0.39 is 0 Å². The molecule has 1 heterocycles. The highest BCUT2D eigenvalue weighted by atomic mass is 15.3. The van der Waals surface area contributed by atoms with E-state index in [1.807, 2.05) is 11.7 Å². The summed E-state index contributed by atoms with van der Waals surface area (Å²) in [6.07, 6.45) is 0.824. The fraction of sp³-hybridized carbons (Fsp3) is 0.357. The molecule has 90 valence electrons. The van der Waals surface area contributed by atoms with Gasteiger partial charge < -0.3 is 5.73 Å². The van der Waals surface area contributed by atoms with E-state index in [2.05, 4.69) is 43.2 Å². The van der Waals surface area contributed by atoms with Gasteiger partial charge in [0, 0.05) is 24.7 Å². The van der Waals surface area contributed by atoms with Crippen molar-refractivity contribution in [3.63, 3.8) is 0 Å². The first-order valence-electron chi connectivity index (χ1n) is 5.93. The smallest absolute Gasteiger partial charge is 0.0718 e. The van der Waals surface area contributed by atoms with Crippen molar-refractivity contribution in [3.8, 4) is 11.1 Å². The molecule has 0 aliphatic rings. The van der Waals surface area contributed by atoms with Crippen molar-refractivity contribution in [2.24, 2.45) is 12.8 Å². The molecule has 0 bridgehead atoms. The second-order valence-corrected chi connectivity index (χ2v) is 4.44. The third-order valence-electron chi connectivity index (χ3n) is 3.13. The molecule has 0 saturated heterocycles. The largest absolute Gasteiger partial charge is 0.330 e. The quantitative estimate of drug-likeness (QED) is 0.877. The van der Waals surface area contributed by atoms with Gasteiger partial charge in [0.05, 0.1) is 5.69 Å². The molecule has 3 nitrogen and oxygen atoms in total. The van der Waals surface area contributed by atoms with Crippen molar-refractivity contribution in [2.75, 3.05) is 6.54 Å². The highest BCUT2D eigenvalue weighted by Crippen LogP contribution is 2.27. The van der Waals surface area contributed by atoms with E-state index in [0.29, 0.717) is 6.54 Å². The van der Waals surface area contributed by atoms with E-state index in [9.17, 15) is 0 Å². The maximum absolute atomic E-state index is 5.64. The first-order valence-corrected chi connectivity index (χ1v) is 5.93. The van der Waals surface area contributed by atoms with Gasteiger partial charge in [-0.15, -0.1) is 0 Å². The summed E-state index contributed by atoms with van der Waals surface area (Å²) in [6.45, 7) is 4.83. The van der Waals surface area contributed by atoms with E-state index in [1.54, 1.807) is 0 Å². The number of rotatable bonds is 3. The first-order chi connectivity index (χ1) is 8.13. The van der Waals surface area contributed by atoms with Gasteiger partial charge in [-0.2, -0.15) is 5.10 Å². The summed E-state index contributed by atoms with van der Waals surface area (Å²) < 4.78 is 1.93. The van der Waals surface area contributed by atoms with E-state index >= 15 is 0 Å². The average molecular weight is 229 g/mol. The van der Waals surface area contributed by atoms with Crippen LogP contribution < -0.4 is 5.73 Å². The van der Waals surface area contributed by atoms with Gasteiger partial charge >= 0.3 is 0 Å². The Morgan fingerprint density at radius 3 is 2.41 bits per heavy atom. The Hall–Kier alpha value is -1.61. The summed E-state index contributed by atoms with van der Waals surface area (Å²) in [6, 6.07) is 8.57. The highest BCUT2D eigenvalue weighted by Gasteiger charge is 2.13. The molecule has 0 fully saturated rings. The molecule has 3 heteroatoms. The molecule has 17 heavy (non-hydrogen) atoms. The minimum Gasteiger partial charge on any atom is -0.330 e. The summed E-state index contributed by atoms with van der Waals surface area (Å²) in [5.74, 6) is 0. The molecule has 2 aromatic rings. The van der Waals surface area contributed by atoms with Crippen LogP contribution in [0.2, 0.25) is 0 Å². The van der Waals surface area contributed by atoms with E-state index in [4.69, 9.17) is 5.73 Å². The van der Waals surface area contributed by atoms with Crippen LogP contribution in [0.5, 0.6) is 0 Å². The maximum Gasteiger partial charge on any atom is 0.0718 e. The Balaban J connectivity index is 2.53. The van der Waals surface area contributed by atoms with Crippen LogP contribution in [0.4, 0.5) is 0 Å². The van der Waals surface area contributed by atoms with Crippen LogP contribution in [0.25, 0.3) is 11.1 Å². The van der Waals surface area contributed by atoms with Gasteiger partial charge in [-0.1, -0.05) is 29.8 Å². The zero-order chi connectivity index (χ0) is 12.4. The second-order valence-electron chi connectivity index (χ2n) is 4.44. The van der Waals surface area contributed by atoms with E-state index in [1.165, 1.54) is 22.4 Å². The predicted molar refractivity (Wildman–Crippen MR) is 70.9 cm³/mol. The van der Waals surface area contributed by atoms with Crippen molar-refractivity contribution < 1.29 is 0 Å². The number of hydrogen-bond donors (Lipinski definition) is 1. The Labute approximate surface area is 102 Å². The molecule has 2 rings (SSSR count). The van der Waals surface area contributed by atoms with Crippen LogP contribution in [0.1, 0.15) is 17.0 Å². The first kappa shape index (κ1) is 11.9. The van der Waals surface area contributed by atoms with Crippen LogP contribution in [0.15, 0.2) is 24.3 Å². The average Bonchev–Trinajstić information content (AvgIpc) is 2.57. The predicted octanol–water partition coefficient (Wildman–Crippen LogP) is 2.21. The minimum absolute atomic E-state index is 0.634. The number of nitrogens with zero attached hydrogens (tertiary/aromatic N) is 2. The van der Waals surface area contributed by atoms with Crippen molar-refractivity contribution in [3.05, 3.63) is 41.2 Å². The van der Waals surface area contributed by atoms with Crippen molar-refractivity contribution in [1.29, 1.82) is 0 Å². The lowest BCUT2D eigenvalue weighted by Gasteiger charge is -2.04. The van der Waals surface area contributed by atoms with E-state index in [0.717, 1.165) is 12.1 Å². The fourth-order valence-electron chi connectivity index (χ4n) is 2.08. The lowest BCUT2D eigenvalue weighted by molar-refractivity contribution is 0.718. The van der Waals surface area contributed by atoms with Crippen LogP contribution in [-0.2, 0) is 13.5 Å². The van der Waals surface area contributed by atoms with Crippen LogP contribution in [0, 0.1) is 13.8 Å². The minimum atomic E-state index is 0.634. The van der Waals surface area contributed by atoms with Crippen LogP contribution in [-0.4, -0.2) is 16.3 Å². The molecule has 0 amide bonds. The van der Waals surface area contributed by atoms with Gasteiger partial charge in [-0.3, -0.25) is 4.68 Å². The molecule has 0 saturated carbocycles. The number of aryl methyl sites for hydroxylation is 2. The Bertz CT molecular complexity index is 509. The number of nitrogens with two attached hydrogens (primary N) is 1. The molecule has 2 N–H and O–H groups in total. The maximum atomic E-state index is 5.64. The van der Waals surface area contributed by atoms with Gasteiger partial charge in [0.25, 0.3) is 0 Å². The van der Waals surface area contributed by atoms with Crippen molar-refractivity contribution in [1.82, 2.24) is 9.78 Å². The van der Waals surface area contributed by atoms with Gasteiger partial charge in [0.2, 0.25) is 0 Å². The molecule has 0 spiro atoms. The zero-order valence-corrected chi connectivity index (χ0v) is 10.7. The van der Waals surface area contributed by atoms with Crippen LogP contribution >= 0.6 is 0 Å². The molecule has 0 radical (unpaired) electrons. The molecule has 0 aliphatic heterocycles. The fourth-order valence-corrected chi connectivity index (χ4v) is 2.08. The number of hydrogen-bond acceptors (Lipinski definition) is 2. The summed E-state index contributed by atoms with van der Waals surface area (Å²) in [7, 11) is 1.98. The third-order valence-corrected chi connectivity index (χ3v) is 3.13. The standard InChI is InChI=1S/C14H19N3/c1-10-4-6-12(7-5-10)14-11(2)17(3)16-13(14)8-9-15/h4-7H,8-9,15H2,1-3H3. The molecule has 1 aromatic carbocycles. The lowest BCUT2D eigenvalue weighted by atomic mass is 10.0. The SMILES string of the molecule is Cc1ccc(-c2c(CCN)nn(C)c2C)cc1. The molecular formula is C14H19N3. The molecule has 0 unspecified atom stereocenters. The van der Waals surface area contributed by atoms with Gasteiger partial charge in [0.15, 0.2) is 0 Å². The highest BCUT2D eigenvalue weighted by molar-refractivity contribution is 5.69. The third kappa shape index (κ3) is 2.24. The summed E-state index contributed by atoms with van der Waals surface area (Å²) in [4.78, 5) is 0. The van der Waals surface area contributed by atoms with Crippen molar-refractivity contribution in [2.45, 2.75) is 20.3 Å². The van der Waals surface area contributed by atoms with E-state index in [-0.39, 0.29) is 0 Å². The normalized spacial score (nSPS) is 10.8. The van der Waals surface area contributed by atoms with Gasteiger partial charge in [-0.05, 0) is 26.0 Å². The monoisotopic (exact) mass is 229 g/mol. The zero-order valence-electron chi connectivity index (χ0n) is 10.7. The summed E-state index contributed by atoms with van der Waals surface area (Å²) in [5, 5.41) is 4.54. The lowest BCUT2D eigenvalue weighted by Crippen LogP contribution is -2.04. The topological polar surface area (TPSA) is 43.8 Å². The summed E-state index contributed by atoms with van der Waals surface area (Å²) in [5.41, 5.74) is 11.7. The van der Waals surface area contributed by atoms with Gasteiger partial charge in [-0.25, -0.2) is 0 Å². The second kappa shape index (κ2) is 4.72. The molecular weight excluding hydrogens is 210 g/mol. The molecule has 0 aliphatic carbocycles. The summed E-state index contributed by atoms with van der Waals surface area (Å²) >= 11 is 0. The Morgan fingerprint density at radius 2 is 1.82 bits per heavy atom. The number of aromatic nitrogens is 2.